The Kier molecular flexibility index (Phi) is 22.3. The van der Waals surface area contributed by atoms with Gasteiger partial charge < -0.3 is 15.7 Å². The van der Waals surface area contributed by atoms with Crippen LogP contribution in [0.25, 0.3) is 15.7 Å². The van der Waals surface area contributed by atoms with Crippen molar-refractivity contribution in [1.82, 2.24) is 0 Å². The molecular formula is C23H56CoN3Si2. The summed E-state index contributed by atoms with van der Waals surface area (Å²) in [6, 6.07) is 7.90. The van der Waals surface area contributed by atoms with Gasteiger partial charge in [0.2, 0.25) is 0 Å². The van der Waals surface area contributed by atoms with E-state index in [1.54, 1.807) is 0 Å². The van der Waals surface area contributed by atoms with E-state index < -0.39 is 16.5 Å². The van der Waals surface area contributed by atoms with Gasteiger partial charge in [-0.25, -0.2) is 0 Å². The normalized spacial score (nSPS) is 12.4. The Hall–Kier alpha value is 0.820. The van der Waals surface area contributed by atoms with E-state index in [0.717, 1.165) is 0 Å². The van der Waals surface area contributed by atoms with E-state index in [1.165, 1.54) is 36.3 Å². The molecule has 0 unspecified atom stereocenters. The zero-order valence-corrected chi connectivity index (χ0v) is 25.6. The predicted molar refractivity (Wildman–Crippen MR) is 140 cm³/mol. The molecule has 0 atom stereocenters. The average molecular weight is 490 g/mol. The first-order valence-corrected chi connectivity index (χ1v) is 16.8. The minimum absolute atomic E-state index is 0. The van der Waals surface area contributed by atoms with E-state index in [0.29, 0.717) is 0 Å². The average Bonchev–Trinajstić information content (AvgIpc) is 2.56. The van der Waals surface area contributed by atoms with Crippen LogP contribution in [0.2, 0.25) is 36.3 Å². The van der Waals surface area contributed by atoms with Crippen LogP contribution in [0.15, 0.2) is 0 Å². The van der Waals surface area contributed by atoms with Crippen molar-refractivity contribution >= 4 is 16.5 Å². The van der Waals surface area contributed by atoms with Gasteiger partial charge >= 0.3 is 16.8 Å². The van der Waals surface area contributed by atoms with Crippen LogP contribution in [0.5, 0.6) is 0 Å². The number of hydrogen-bond acceptors (Lipinski definition) is 0. The summed E-state index contributed by atoms with van der Waals surface area (Å²) >= 11 is 0. The van der Waals surface area contributed by atoms with Crippen molar-refractivity contribution in [2.75, 3.05) is 0 Å². The van der Waals surface area contributed by atoms with Crippen LogP contribution in [-0.4, -0.2) is 33.6 Å². The third-order valence-electron chi connectivity index (χ3n) is 5.09. The van der Waals surface area contributed by atoms with E-state index in [9.17, 15) is 0 Å². The fourth-order valence-corrected chi connectivity index (χ4v) is 10.2. The molecule has 0 fully saturated rings. The molecule has 0 aliphatic rings. The first kappa shape index (κ1) is 37.2. The molecule has 0 spiro atoms. The number of hydrogen-bond donors (Lipinski definition) is 0. The van der Waals surface area contributed by atoms with Crippen LogP contribution in [-0.2, 0) is 16.8 Å². The molecule has 0 aromatic heterocycles. The van der Waals surface area contributed by atoms with Crippen LogP contribution >= 0.6 is 0 Å². The second-order valence-electron chi connectivity index (χ2n) is 10.3. The standard InChI is InChI=1S/2C10H24NSi.C3H8N.Co/c2*1-7-12(8-2,9-3)11-10(4,5)6;1-3(2)4;/h2*7-9H2,1-6H3;3-4H,1-2H3;/q3*-1;+3. The van der Waals surface area contributed by atoms with Crippen LogP contribution in [0, 0.1) is 0 Å². The van der Waals surface area contributed by atoms with Crippen molar-refractivity contribution in [3.8, 4) is 0 Å². The zero-order valence-electron chi connectivity index (χ0n) is 22.5. The van der Waals surface area contributed by atoms with E-state index in [1.807, 2.05) is 13.8 Å². The van der Waals surface area contributed by atoms with Gasteiger partial charge in [0, 0.05) is 0 Å². The molecule has 3 nitrogen and oxygen atoms in total. The maximum absolute atomic E-state index is 6.58. The fourth-order valence-electron chi connectivity index (χ4n) is 3.40. The smallest absolute Gasteiger partial charge is 0.675 e. The molecular weight excluding hydrogens is 433 g/mol. The van der Waals surface area contributed by atoms with Crippen LogP contribution in [0.1, 0.15) is 96.9 Å². The Labute approximate surface area is 198 Å². The molecule has 0 bridgehead atoms. The van der Waals surface area contributed by atoms with E-state index >= 15 is 0 Å². The van der Waals surface area contributed by atoms with Crippen molar-refractivity contribution in [3.05, 3.63) is 15.7 Å². The van der Waals surface area contributed by atoms with Crippen molar-refractivity contribution in [2.45, 2.75) is 150 Å². The molecule has 0 saturated carbocycles. The molecule has 6 heteroatoms. The van der Waals surface area contributed by atoms with Gasteiger partial charge in [-0.2, -0.15) is 0 Å². The van der Waals surface area contributed by atoms with Crippen molar-refractivity contribution in [3.63, 3.8) is 0 Å². The molecule has 0 rings (SSSR count). The van der Waals surface area contributed by atoms with Gasteiger partial charge in [-0.15, -0.1) is 17.1 Å². The molecule has 1 N–H and O–H groups in total. The van der Waals surface area contributed by atoms with Gasteiger partial charge in [-0.3, -0.25) is 0 Å². The first-order valence-electron chi connectivity index (χ1n) is 11.7. The van der Waals surface area contributed by atoms with Gasteiger partial charge in [0.15, 0.2) is 0 Å². The minimum Gasteiger partial charge on any atom is -0.675 e. The molecule has 0 radical (unpaired) electrons. The maximum Gasteiger partial charge on any atom is 3.00 e. The Morgan fingerprint density at radius 1 is 0.586 bits per heavy atom. The SMILES string of the molecule is CC(C)[NH-].CC[Si](CC)(CC)[N-]C(C)(C)C.CC[Si](CC)(CC)[N-]C(C)(C)C.[Co+3]. The first-order chi connectivity index (χ1) is 12.5. The molecule has 0 heterocycles. The Bertz CT molecular complexity index is 305. The van der Waals surface area contributed by atoms with Gasteiger partial charge in [0.1, 0.15) is 0 Å². The van der Waals surface area contributed by atoms with Crippen molar-refractivity contribution in [2.24, 2.45) is 0 Å². The summed E-state index contributed by atoms with van der Waals surface area (Å²) < 4.78 is 0. The Morgan fingerprint density at radius 3 is 0.759 bits per heavy atom. The third kappa shape index (κ3) is 21.8. The summed E-state index contributed by atoms with van der Waals surface area (Å²) in [5.41, 5.74) is 6.93. The molecule has 180 valence electrons. The minimum atomic E-state index is -1.23. The monoisotopic (exact) mass is 489 g/mol. The predicted octanol–water partition coefficient (Wildman–Crippen LogP) is 9.77. The van der Waals surface area contributed by atoms with Crippen LogP contribution in [0.4, 0.5) is 0 Å². The fraction of sp³-hybridized carbons (Fsp3) is 1.00. The summed E-state index contributed by atoms with van der Waals surface area (Å²) in [5.74, 6) is 0. The number of rotatable bonds is 8. The second-order valence-corrected chi connectivity index (χ2v) is 19.9. The maximum atomic E-state index is 6.58. The third-order valence-corrected chi connectivity index (χ3v) is 15.3. The molecule has 0 aromatic carbocycles. The molecule has 29 heavy (non-hydrogen) atoms. The quantitative estimate of drug-likeness (QED) is 0.305. The molecule has 0 saturated heterocycles. The second kappa shape index (κ2) is 17.4. The van der Waals surface area contributed by atoms with Gasteiger partial charge in [0.05, 0.1) is 0 Å². The molecule has 0 aromatic rings. The van der Waals surface area contributed by atoms with Gasteiger partial charge in [-0.05, 0) is 0 Å². The van der Waals surface area contributed by atoms with Crippen LogP contribution < -0.4 is 0 Å². The van der Waals surface area contributed by atoms with Gasteiger partial charge in [-0.1, -0.05) is 150 Å². The topological polar surface area (TPSA) is 52.0 Å². The zero-order chi connectivity index (χ0) is 23.2. The van der Waals surface area contributed by atoms with E-state index in [-0.39, 0.29) is 33.9 Å². The molecule has 0 amide bonds. The molecule has 0 aliphatic heterocycles. The summed E-state index contributed by atoms with van der Waals surface area (Å²) in [6.45, 7) is 30.8. The van der Waals surface area contributed by atoms with Crippen molar-refractivity contribution in [1.29, 1.82) is 0 Å². The van der Waals surface area contributed by atoms with E-state index in [2.05, 4.69) is 83.1 Å². The number of nitrogens with zero attached hydrogens (tertiary/aromatic N) is 2. The summed E-state index contributed by atoms with van der Waals surface area (Å²) in [4.78, 5) is 10.1. The summed E-state index contributed by atoms with van der Waals surface area (Å²) in [5, 5.41) is 0. The largest absolute Gasteiger partial charge is 3.00 e. The van der Waals surface area contributed by atoms with Crippen LogP contribution in [0.3, 0.4) is 0 Å². The molecule has 0 aliphatic carbocycles. The summed E-state index contributed by atoms with van der Waals surface area (Å²) in [7, 11) is -2.46. The summed E-state index contributed by atoms with van der Waals surface area (Å²) in [6.07, 6.45) is 0. The van der Waals surface area contributed by atoms with Crippen molar-refractivity contribution < 1.29 is 16.8 Å². The van der Waals surface area contributed by atoms with Gasteiger partial charge in [0.25, 0.3) is 0 Å². The Balaban J connectivity index is -0.000000177. The Morgan fingerprint density at radius 2 is 0.724 bits per heavy atom. The number of nitrogens with one attached hydrogen (secondary N) is 1. The van der Waals surface area contributed by atoms with E-state index in [4.69, 9.17) is 15.7 Å².